The lowest BCUT2D eigenvalue weighted by molar-refractivity contribution is 0.0976. The number of ether oxygens (including phenoxy) is 1. The maximum atomic E-state index is 12.1. The average Bonchev–Trinajstić information content (AvgIpc) is 2.46. The van der Waals surface area contributed by atoms with Crippen molar-refractivity contribution in [2.45, 2.75) is 39.5 Å². The first-order valence-corrected chi connectivity index (χ1v) is 8.03. The van der Waals surface area contributed by atoms with Crippen molar-refractivity contribution in [2.75, 3.05) is 19.8 Å². The number of carbonyl (C=O) groups excluding carboxylic acids is 1. The van der Waals surface area contributed by atoms with Crippen LogP contribution in [-0.2, 0) is 10.2 Å². The summed E-state index contributed by atoms with van der Waals surface area (Å²) in [5.74, 6) is -0.192. The Morgan fingerprint density at radius 3 is 2.41 bits per heavy atom. The molecule has 5 heteroatoms. The van der Waals surface area contributed by atoms with E-state index in [0.29, 0.717) is 30.4 Å². The number of hydrogen-bond acceptors (Lipinski definition) is 3. The first-order valence-electron chi connectivity index (χ1n) is 7.62. The number of carbonyl (C=O) groups is 1. The third-order valence-electron chi connectivity index (χ3n) is 3.20. The Kier molecular flexibility index (Phi) is 7.48. The van der Waals surface area contributed by atoms with Crippen LogP contribution in [-0.4, -0.2) is 30.8 Å². The van der Waals surface area contributed by atoms with Gasteiger partial charge >= 0.3 is 0 Å². The topological polar surface area (TPSA) is 50.4 Å². The number of thiocarbonyl (C=S) groups is 1. The van der Waals surface area contributed by atoms with E-state index in [1.807, 2.05) is 31.2 Å². The van der Waals surface area contributed by atoms with E-state index in [9.17, 15) is 4.79 Å². The third kappa shape index (κ3) is 6.54. The molecule has 1 aromatic rings. The fraction of sp³-hybridized carbons (Fsp3) is 0.529. The lowest BCUT2D eigenvalue weighted by Crippen LogP contribution is -2.39. The van der Waals surface area contributed by atoms with Crippen LogP contribution in [0.15, 0.2) is 24.3 Å². The van der Waals surface area contributed by atoms with Gasteiger partial charge in [-0.25, -0.2) is 0 Å². The van der Waals surface area contributed by atoms with E-state index >= 15 is 0 Å². The molecule has 0 bridgehead atoms. The summed E-state index contributed by atoms with van der Waals surface area (Å²) in [7, 11) is 0. The van der Waals surface area contributed by atoms with Gasteiger partial charge in [-0.2, -0.15) is 0 Å². The van der Waals surface area contributed by atoms with Crippen molar-refractivity contribution in [3.05, 3.63) is 35.4 Å². The smallest absolute Gasteiger partial charge is 0.257 e. The molecule has 2 N–H and O–H groups in total. The number of amides is 1. The Bertz CT molecular complexity index is 492. The van der Waals surface area contributed by atoms with Crippen LogP contribution in [0.5, 0.6) is 0 Å². The van der Waals surface area contributed by atoms with Crippen molar-refractivity contribution in [1.82, 2.24) is 10.6 Å². The summed E-state index contributed by atoms with van der Waals surface area (Å²) in [4.78, 5) is 12.1. The lowest BCUT2D eigenvalue weighted by Gasteiger charge is -2.19. The van der Waals surface area contributed by atoms with E-state index in [1.165, 1.54) is 5.56 Å². The maximum Gasteiger partial charge on any atom is 0.257 e. The Hall–Kier alpha value is -1.46. The van der Waals surface area contributed by atoms with Gasteiger partial charge in [0.15, 0.2) is 5.11 Å². The molecule has 1 aromatic carbocycles. The largest absolute Gasteiger partial charge is 0.382 e. The van der Waals surface area contributed by atoms with Crippen molar-refractivity contribution in [1.29, 1.82) is 0 Å². The van der Waals surface area contributed by atoms with Gasteiger partial charge in [-0.05, 0) is 48.7 Å². The van der Waals surface area contributed by atoms with E-state index < -0.39 is 0 Å². The van der Waals surface area contributed by atoms with E-state index in [1.54, 1.807) is 0 Å². The molecule has 0 unspecified atom stereocenters. The fourth-order valence-corrected chi connectivity index (χ4v) is 2.06. The van der Waals surface area contributed by atoms with Crippen LogP contribution >= 0.6 is 12.2 Å². The molecule has 1 rings (SSSR count). The molecule has 1 amide bonds. The van der Waals surface area contributed by atoms with Gasteiger partial charge < -0.3 is 10.1 Å². The number of rotatable bonds is 6. The zero-order chi connectivity index (χ0) is 16.6. The average molecular weight is 322 g/mol. The molecule has 0 spiro atoms. The zero-order valence-electron chi connectivity index (χ0n) is 13.9. The minimum atomic E-state index is -0.192. The molecule has 0 radical (unpaired) electrons. The van der Waals surface area contributed by atoms with E-state index in [0.717, 1.165) is 6.42 Å². The molecule has 0 aliphatic carbocycles. The zero-order valence-corrected chi connectivity index (χ0v) is 14.7. The Labute approximate surface area is 138 Å². The van der Waals surface area contributed by atoms with Crippen LogP contribution in [0.2, 0.25) is 0 Å². The van der Waals surface area contributed by atoms with Gasteiger partial charge in [0.2, 0.25) is 0 Å². The molecule has 0 atom stereocenters. The van der Waals surface area contributed by atoms with Gasteiger partial charge in [-0.15, -0.1) is 0 Å². The minimum absolute atomic E-state index is 0.0758. The molecule has 0 saturated heterocycles. The quantitative estimate of drug-likeness (QED) is 0.624. The van der Waals surface area contributed by atoms with Gasteiger partial charge in [0.1, 0.15) is 0 Å². The van der Waals surface area contributed by atoms with Crippen LogP contribution < -0.4 is 10.6 Å². The van der Waals surface area contributed by atoms with E-state index in [4.69, 9.17) is 17.0 Å². The highest BCUT2D eigenvalue weighted by Gasteiger charge is 2.14. The fourth-order valence-electron chi connectivity index (χ4n) is 1.86. The third-order valence-corrected chi connectivity index (χ3v) is 3.44. The first kappa shape index (κ1) is 18.6. The lowest BCUT2D eigenvalue weighted by atomic mass is 9.87. The summed E-state index contributed by atoms with van der Waals surface area (Å²) in [5.41, 5.74) is 1.87. The van der Waals surface area contributed by atoms with Crippen molar-refractivity contribution in [3.8, 4) is 0 Å². The van der Waals surface area contributed by atoms with Crippen LogP contribution in [0, 0.1) is 0 Å². The summed E-state index contributed by atoms with van der Waals surface area (Å²) in [6, 6.07) is 7.61. The molecule has 0 aliphatic rings. The molecular formula is C17H26N2O2S. The Morgan fingerprint density at radius 2 is 1.86 bits per heavy atom. The molecule has 22 heavy (non-hydrogen) atoms. The predicted molar refractivity (Wildman–Crippen MR) is 94.3 cm³/mol. The highest BCUT2D eigenvalue weighted by Crippen LogP contribution is 2.22. The molecule has 0 aliphatic heterocycles. The Morgan fingerprint density at radius 1 is 1.23 bits per heavy atom. The van der Waals surface area contributed by atoms with E-state index in [-0.39, 0.29) is 11.3 Å². The summed E-state index contributed by atoms with van der Waals surface area (Å²) in [6.07, 6.45) is 0.851. The molecule has 0 aromatic heterocycles. The second-order valence-corrected chi connectivity index (χ2v) is 6.50. The summed E-state index contributed by atoms with van der Waals surface area (Å²) >= 11 is 5.11. The summed E-state index contributed by atoms with van der Waals surface area (Å²) < 4.78 is 5.23. The first-order chi connectivity index (χ1) is 10.3. The van der Waals surface area contributed by atoms with Gasteiger partial charge in [-0.1, -0.05) is 32.9 Å². The molecule has 4 nitrogen and oxygen atoms in total. The van der Waals surface area contributed by atoms with Crippen LogP contribution in [0.4, 0.5) is 0 Å². The molecule has 0 saturated carbocycles. The number of nitrogens with one attached hydrogen (secondary N) is 2. The standard InChI is InChI=1S/C17H26N2O2S/c1-5-21-12-6-11-18-16(22)19-15(20)13-7-9-14(10-8-13)17(2,3)4/h7-10H,5-6,11-12H2,1-4H3,(H2,18,19,20,22). The maximum absolute atomic E-state index is 12.1. The van der Waals surface area contributed by atoms with Crippen molar-refractivity contribution >= 4 is 23.2 Å². The van der Waals surface area contributed by atoms with Crippen LogP contribution in [0.1, 0.15) is 50.0 Å². The monoisotopic (exact) mass is 322 g/mol. The van der Waals surface area contributed by atoms with Crippen molar-refractivity contribution in [3.63, 3.8) is 0 Å². The second-order valence-electron chi connectivity index (χ2n) is 6.09. The van der Waals surface area contributed by atoms with Crippen molar-refractivity contribution in [2.24, 2.45) is 0 Å². The highest BCUT2D eigenvalue weighted by atomic mass is 32.1. The van der Waals surface area contributed by atoms with Gasteiger partial charge in [-0.3, -0.25) is 10.1 Å². The normalized spacial score (nSPS) is 11.1. The molecule has 0 heterocycles. The minimum Gasteiger partial charge on any atom is -0.382 e. The summed E-state index contributed by atoms with van der Waals surface area (Å²) in [5, 5.41) is 6.03. The number of hydrogen-bond donors (Lipinski definition) is 2. The van der Waals surface area contributed by atoms with Gasteiger partial charge in [0, 0.05) is 25.3 Å². The highest BCUT2D eigenvalue weighted by molar-refractivity contribution is 7.80. The molecule has 122 valence electrons. The molecular weight excluding hydrogens is 296 g/mol. The van der Waals surface area contributed by atoms with Gasteiger partial charge in [0.05, 0.1) is 0 Å². The second kappa shape index (κ2) is 8.86. The van der Waals surface area contributed by atoms with Crippen LogP contribution in [0.3, 0.4) is 0 Å². The van der Waals surface area contributed by atoms with E-state index in [2.05, 4.69) is 31.4 Å². The van der Waals surface area contributed by atoms with Crippen molar-refractivity contribution < 1.29 is 9.53 Å². The Balaban J connectivity index is 2.43. The predicted octanol–water partition coefficient (Wildman–Crippen LogP) is 3.02. The summed E-state index contributed by atoms with van der Waals surface area (Å²) in [6.45, 7) is 10.5. The molecule has 0 fully saturated rings. The van der Waals surface area contributed by atoms with Gasteiger partial charge in [0.25, 0.3) is 5.91 Å². The SMILES string of the molecule is CCOCCCNC(=S)NC(=O)c1ccc(C(C)(C)C)cc1. The van der Waals surface area contributed by atoms with Crippen LogP contribution in [0.25, 0.3) is 0 Å². The number of benzene rings is 1.